The first-order chi connectivity index (χ1) is 7.41. The first-order valence-corrected chi connectivity index (χ1v) is 4.50. The zero-order valence-corrected chi connectivity index (χ0v) is 8.98. The Hall–Kier alpha value is -1.96. The molecule has 0 saturated carbocycles. The number of hydrogen-bond donors (Lipinski definition) is 2. The number of nitrogens with one attached hydrogen (secondary N) is 1. The molecular formula is C7H8ClN5O3. The third-order valence-corrected chi connectivity index (χ3v) is 1.81. The molecule has 0 saturated heterocycles. The van der Waals surface area contributed by atoms with Crippen LogP contribution in [0.15, 0.2) is 0 Å². The first-order valence-electron chi connectivity index (χ1n) is 4.12. The van der Waals surface area contributed by atoms with Crippen LogP contribution in [0, 0.1) is 17.0 Å². The highest BCUT2D eigenvalue weighted by Crippen LogP contribution is 2.25. The number of primary amides is 1. The number of halogens is 1. The summed E-state index contributed by atoms with van der Waals surface area (Å²) in [6, 6.07) is 0. The fourth-order valence-electron chi connectivity index (χ4n) is 1.05. The van der Waals surface area contributed by atoms with Gasteiger partial charge in [-0.05, 0) is 18.5 Å². The van der Waals surface area contributed by atoms with Crippen LogP contribution in [-0.2, 0) is 4.79 Å². The third-order valence-electron chi connectivity index (χ3n) is 1.64. The van der Waals surface area contributed by atoms with Gasteiger partial charge in [-0.25, -0.2) is 4.98 Å². The number of nitrogens with zero attached hydrogens (tertiary/aromatic N) is 3. The number of nitrogens with two attached hydrogens (primary N) is 1. The minimum absolute atomic E-state index is 0.108. The van der Waals surface area contributed by atoms with Gasteiger partial charge in [0.05, 0.1) is 11.5 Å². The summed E-state index contributed by atoms with van der Waals surface area (Å²) >= 11 is 5.54. The number of aryl methyl sites for hydroxylation is 1. The second kappa shape index (κ2) is 4.71. The van der Waals surface area contributed by atoms with Gasteiger partial charge in [0.1, 0.15) is 5.69 Å². The SMILES string of the molecule is Cc1nc(Cl)nc(NCC(N)=O)c1[N+](=O)[O-]. The molecule has 0 aromatic carbocycles. The Bertz CT molecular complexity index is 450. The lowest BCUT2D eigenvalue weighted by Gasteiger charge is -2.05. The Morgan fingerprint density at radius 3 is 2.75 bits per heavy atom. The minimum atomic E-state index is -0.665. The van der Waals surface area contributed by atoms with Crippen LogP contribution >= 0.6 is 11.6 Å². The number of nitro groups is 1. The maximum Gasteiger partial charge on any atom is 0.332 e. The number of amides is 1. The van der Waals surface area contributed by atoms with E-state index >= 15 is 0 Å². The molecule has 1 heterocycles. The van der Waals surface area contributed by atoms with Gasteiger partial charge >= 0.3 is 5.69 Å². The third kappa shape index (κ3) is 2.76. The van der Waals surface area contributed by atoms with Gasteiger partial charge in [0.2, 0.25) is 17.0 Å². The van der Waals surface area contributed by atoms with Gasteiger partial charge in [0.25, 0.3) is 0 Å². The van der Waals surface area contributed by atoms with Crippen molar-refractivity contribution >= 4 is 29.0 Å². The predicted octanol–water partition coefficient (Wildman–Crippen LogP) is 0.244. The van der Waals surface area contributed by atoms with E-state index in [1.54, 1.807) is 0 Å². The van der Waals surface area contributed by atoms with E-state index in [4.69, 9.17) is 17.3 Å². The normalized spacial score (nSPS) is 9.88. The van der Waals surface area contributed by atoms with Crippen LogP contribution in [0.4, 0.5) is 11.5 Å². The quantitative estimate of drug-likeness (QED) is 0.445. The zero-order chi connectivity index (χ0) is 12.3. The van der Waals surface area contributed by atoms with E-state index in [2.05, 4.69) is 15.3 Å². The lowest BCUT2D eigenvalue weighted by molar-refractivity contribution is -0.385. The van der Waals surface area contributed by atoms with Crippen molar-refractivity contribution in [3.05, 3.63) is 21.1 Å². The summed E-state index contributed by atoms with van der Waals surface area (Å²) in [4.78, 5) is 27.9. The van der Waals surface area contributed by atoms with Gasteiger partial charge in [-0.3, -0.25) is 14.9 Å². The highest BCUT2D eigenvalue weighted by Gasteiger charge is 2.21. The molecule has 1 amide bonds. The highest BCUT2D eigenvalue weighted by atomic mass is 35.5. The Morgan fingerprint density at radius 2 is 2.25 bits per heavy atom. The lowest BCUT2D eigenvalue weighted by Crippen LogP contribution is -2.23. The number of rotatable bonds is 4. The van der Waals surface area contributed by atoms with Crippen molar-refractivity contribution in [1.82, 2.24) is 9.97 Å². The smallest absolute Gasteiger partial charge is 0.332 e. The van der Waals surface area contributed by atoms with Crippen molar-refractivity contribution in [2.24, 2.45) is 5.73 Å². The molecular weight excluding hydrogens is 238 g/mol. The average Bonchev–Trinajstić information content (AvgIpc) is 2.12. The maximum absolute atomic E-state index is 10.7. The zero-order valence-electron chi connectivity index (χ0n) is 8.23. The molecule has 86 valence electrons. The standard InChI is InChI=1S/C7H8ClN5O3/c1-3-5(13(15)16)6(10-2-4(9)14)12-7(8)11-3/h2H2,1H3,(H2,9,14)(H,10,11,12). The molecule has 1 aromatic heterocycles. The molecule has 0 aliphatic rings. The second-order valence-electron chi connectivity index (χ2n) is 2.85. The number of carbonyl (C=O) groups excluding carboxylic acids is 1. The van der Waals surface area contributed by atoms with Gasteiger partial charge in [0, 0.05) is 0 Å². The van der Waals surface area contributed by atoms with E-state index < -0.39 is 10.8 Å². The van der Waals surface area contributed by atoms with Crippen molar-refractivity contribution in [1.29, 1.82) is 0 Å². The van der Waals surface area contributed by atoms with Crippen molar-refractivity contribution in [2.75, 3.05) is 11.9 Å². The van der Waals surface area contributed by atoms with Crippen molar-refractivity contribution in [3.63, 3.8) is 0 Å². The van der Waals surface area contributed by atoms with Crippen LogP contribution in [0.25, 0.3) is 0 Å². The van der Waals surface area contributed by atoms with E-state index in [-0.39, 0.29) is 29.0 Å². The van der Waals surface area contributed by atoms with Crippen LogP contribution in [0.1, 0.15) is 5.69 Å². The molecule has 1 rings (SSSR count). The van der Waals surface area contributed by atoms with E-state index in [0.717, 1.165) is 0 Å². The van der Waals surface area contributed by atoms with Gasteiger partial charge < -0.3 is 11.1 Å². The summed E-state index contributed by atoms with van der Waals surface area (Å²) in [5.74, 6) is -0.789. The van der Waals surface area contributed by atoms with Crippen LogP contribution in [0.5, 0.6) is 0 Å². The largest absolute Gasteiger partial charge is 0.368 e. The molecule has 0 atom stereocenters. The van der Waals surface area contributed by atoms with E-state index in [9.17, 15) is 14.9 Å². The van der Waals surface area contributed by atoms with Crippen molar-refractivity contribution < 1.29 is 9.72 Å². The maximum atomic E-state index is 10.7. The van der Waals surface area contributed by atoms with Gasteiger partial charge in [0.15, 0.2) is 0 Å². The van der Waals surface area contributed by atoms with Crippen molar-refractivity contribution in [3.8, 4) is 0 Å². The second-order valence-corrected chi connectivity index (χ2v) is 3.19. The Kier molecular flexibility index (Phi) is 3.56. The van der Waals surface area contributed by atoms with Gasteiger partial charge in [-0.15, -0.1) is 0 Å². The summed E-state index contributed by atoms with van der Waals surface area (Å²) < 4.78 is 0. The summed E-state index contributed by atoms with van der Waals surface area (Å²) in [6.45, 7) is 1.15. The number of aromatic nitrogens is 2. The fourth-order valence-corrected chi connectivity index (χ4v) is 1.26. The Morgan fingerprint density at radius 1 is 1.62 bits per heavy atom. The molecule has 1 aromatic rings. The number of carbonyl (C=O) groups is 1. The average molecular weight is 246 g/mol. The molecule has 0 spiro atoms. The number of anilines is 1. The molecule has 9 heteroatoms. The molecule has 0 aliphatic carbocycles. The van der Waals surface area contributed by atoms with Gasteiger partial charge in [-0.1, -0.05) is 0 Å². The summed E-state index contributed by atoms with van der Waals surface area (Å²) in [7, 11) is 0. The predicted molar refractivity (Wildman–Crippen MR) is 56.1 cm³/mol. The molecule has 16 heavy (non-hydrogen) atoms. The van der Waals surface area contributed by atoms with Crippen LogP contribution < -0.4 is 11.1 Å². The highest BCUT2D eigenvalue weighted by molar-refractivity contribution is 6.28. The topological polar surface area (TPSA) is 124 Å². The Balaban J connectivity index is 3.13. The molecule has 0 fully saturated rings. The fraction of sp³-hybridized carbons (Fsp3) is 0.286. The lowest BCUT2D eigenvalue weighted by atomic mass is 10.3. The van der Waals surface area contributed by atoms with Crippen LogP contribution in [-0.4, -0.2) is 27.3 Å². The first kappa shape index (κ1) is 12.1. The van der Waals surface area contributed by atoms with Crippen molar-refractivity contribution in [2.45, 2.75) is 6.92 Å². The van der Waals surface area contributed by atoms with Gasteiger partial charge in [-0.2, -0.15) is 4.98 Å². The van der Waals surface area contributed by atoms with E-state index in [1.165, 1.54) is 6.92 Å². The monoisotopic (exact) mass is 245 g/mol. The molecule has 3 N–H and O–H groups in total. The summed E-state index contributed by atoms with van der Waals surface area (Å²) in [6.07, 6.45) is 0. The Labute approximate surface area is 95.0 Å². The molecule has 0 unspecified atom stereocenters. The van der Waals surface area contributed by atoms with E-state index in [1.807, 2.05) is 0 Å². The summed E-state index contributed by atoms with van der Waals surface area (Å²) in [5, 5.41) is 13.0. The van der Waals surface area contributed by atoms with Crippen LogP contribution in [0.3, 0.4) is 0 Å². The molecule has 8 nitrogen and oxygen atoms in total. The van der Waals surface area contributed by atoms with E-state index in [0.29, 0.717) is 0 Å². The number of hydrogen-bond acceptors (Lipinski definition) is 6. The molecule has 0 aliphatic heterocycles. The van der Waals surface area contributed by atoms with Crippen LogP contribution in [0.2, 0.25) is 5.28 Å². The molecule has 0 bridgehead atoms. The minimum Gasteiger partial charge on any atom is -0.368 e. The molecule has 0 radical (unpaired) electrons. The summed E-state index contributed by atoms with van der Waals surface area (Å²) in [5.41, 5.74) is 4.68.